The van der Waals surface area contributed by atoms with Gasteiger partial charge in [0.1, 0.15) is 5.75 Å². The Morgan fingerprint density at radius 1 is 1.03 bits per heavy atom. The second-order valence-corrected chi connectivity index (χ2v) is 7.29. The third kappa shape index (κ3) is 5.26. The fourth-order valence-corrected chi connectivity index (χ4v) is 3.34. The molecular weight excluding hydrogens is 368 g/mol. The van der Waals surface area contributed by atoms with E-state index >= 15 is 0 Å². The number of nitrogens with one attached hydrogen (secondary N) is 1. The predicted molar refractivity (Wildman–Crippen MR) is 113 cm³/mol. The molecule has 1 fully saturated rings. The van der Waals surface area contributed by atoms with E-state index in [9.17, 15) is 9.59 Å². The molecule has 0 aromatic heterocycles. The first-order chi connectivity index (χ1) is 14.0. The Morgan fingerprint density at radius 3 is 2.34 bits per heavy atom. The largest absolute Gasteiger partial charge is 0.495 e. The average molecular weight is 396 g/mol. The van der Waals surface area contributed by atoms with Crippen molar-refractivity contribution >= 4 is 17.6 Å². The summed E-state index contributed by atoms with van der Waals surface area (Å²) >= 11 is 0. The van der Waals surface area contributed by atoms with Crippen molar-refractivity contribution in [2.75, 3.05) is 52.7 Å². The average Bonchev–Trinajstić information content (AvgIpc) is 2.74. The highest BCUT2D eigenvalue weighted by Crippen LogP contribution is 2.26. The lowest BCUT2D eigenvalue weighted by atomic mass is 10.1. The molecule has 7 nitrogen and oxygen atoms in total. The number of ether oxygens (including phenoxy) is 1. The first-order valence-electron chi connectivity index (χ1n) is 9.70. The molecule has 0 saturated carbocycles. The van der Waals surface area contributed by atoms with Gasteiger partial charge in [0.05, 0.1) is 12.8 Å². The monoisotopic (exact) mass is 396 g/mol. The summed E-state index contributed by atoms with van der Waals surface area (Å²) in [6.07, 6.45) is 0. The first kappa shape index (κ1) is 20.7. The van der Waals surface area contributed by atoms with Crippen LogP contribution in [0.5, 0.6) is 5.75 Å². The van der Waals surface area contributed by atoms with Gasteiger partial charge in [0.25, 0.3) is 5.91 Å². The third-order valence-electron chi connectivity index (χ3n) is 5.00. The topological polar surface area (TPSA) is 65.1 Å². The van der Waals surface area contributed by atoms with E-state index in [0.29, 0.717) is 30.1 Å². The molecule has 7 heteroatoms. The van der Waals surface area contributed by atoms with Gasteiger partial charge in [-0.05, 0) is 23.8 Å². The Morgan fingerprint density at radius 2 is 1.72 bits per heavy atom. The molecule has 1 N–H and O–H groups in total. The summed E-state index contributed by atoms with van der Waals surface area (Å²) in [5.74, 6) is 0.397. The summed E-state index contributed by atoms with van der Waals surface area (Å²) in [7, 11) is 4.93. The molecule has 29 heavy (non-hydrogen) atoms. The zero-order valence-corrected chi connectivity index (χ0v) is 17.2. The van der Waals surface area contributed by atoms with E-state index < -0.39 is 0 Å². The molecule has 2 aromatic rings. The van der Waals surface area contributed by atoms with Crippen molar-refractivity contribution in [3.63, 3.8) is 0 Å². The number of carbonyl (C=O) groups excluding carboxylic acids is 2. The summed E-state index contributed by atoms with van der Waals surface area (Å²) in [5.41, 5.74) is 2.27. The maximum absolute atomic E-state index is 12.8. The minimum atomic E-state index is -0.183. The number of carbonyl (C=O) groups is 2. The molecule has 3 amide bonds. The lowest BCUT2D eigenvalue weighted by molar-refractivity contribution is 0.0827. The van der Waals surface area contributed by atoms with Gasteiger partial charge in [0, 0.05) is 52.4 Å². The summed E-state index contributed by atoms with van der Waals surface area (Å²) < 4.78 is 5.35. The van der Waals surface area contributed by atoms with Crippen LogP contribution in [0.1, 0.15) is 15.9 Å². The maximum atomic E-state index is 12.8. The molecule has 3 rings (SSSR count). The molecule has 0 radical (unpaired) electrons. The Kier molecular flexibility index (Phi) is 6.72. The first-order valence-corrected chi connectivity index (χ1v) is 9.70. The second-order valence-electron chi connectivity index (χ2n) is 7.29. The van der Waals surface area contributed by atoms with E-state index in [1.54, 1.807) is 44.3 Å². The third-order valence-corrected chi connectivity index (χ3v) is 5.00. The summed E-state index contributed by atoms with van der Waals surface area (Å²) in [5, 5.41) is 2.90. The van der Waals surface area contributed by atoms with Gasteiger partial charge in [-0.25, -0.2) is 4.79 Å². The van der Waals surface area contributed by atoms with Gasteiger partial charge < -0.3 is 19.9 Å². The normalized spacial score (nSPS) is 14.4. The van der Waals surface area contributed by atoms with Gasteiger partial charge in [-0.15, -0.1) is 0 Å². The highest BCUT2D eigenvalue weighted by atomic mass is 16.5. The minimum absolute atomic E-state index is 0.127. The van der Waals surface area contributed by atoms with Crippen molar-refractivity contribution in [2.24, 2.45) is 0 Å². The number of anilines is 1. The number of hydrogen-bond acceptors (Lipinski definition) is 4. The lowest BCUT2D eigenvalue weighted by Crippen LogP contribution is -2.49. The number of methoxy groups -OCH3 is 1. The number of urea groups is 1. The van der Waals surface area contributed by atoms with Crippen molar-refractivity contribution < 1.29 is 14.3 Å². The standard InChI is InChI=1S/C22H28N4O3/c1-24(2)21(27)18-9-10-20(29-3)19(15-18)23-22(28)26-13-11-25(12-14-26)16-17-7-5-4-6-8-17/h4-10,15H,11-14,16H2,1-3H3,(H,23,28). The van der Waals surface area contributed by atoms with Gasteiger partial charge in [-0.3, -0.25) is 9.69 Å². The van der Waals surface area contributed by atoms with E-state index in [2.05, 4.69) is 22.3 Å². The van der Waals surface area contributed by atoms with E-state index in [1.807, 2.05) is 18.2 Å². The van der Waals surface area contributed by atoms with Crippen LogP contribution in [0, 0.1) is 0 Å². The Labute approximate surface area is 171 Å². The predicted octanol–water partition coefficient (Wildman–Crippen LogP) is 2.75. The Balaban J connectivity index is 1.60. The molecule has 0 spiro atoms. The summed E-state index contributed by atoms with van der Waals surface area (Å²) in [4.78, 5) is 30.6. The van der Waals surface area contributed by atoms with Crippen LogP contribution in [0.4, 0.5) is 10.5 Å². The molecule has 1 saturated heterocycles. The van der Waals surface area contributed by atoms with Crippen molar-refractivity contribution in [3.05, 3.63) is 59.7 Å². The van der Waals surface area contributed by atoms with Crippen molar-refractivity contribution in [2.45, 2.75) is 6.54 Å². The zero-order chi connectivity index (χ0) is 20.8. The fourth-order valence-electron chi connectivity index (χ4n) is 3.34. The zero-order valence-electron chi connectivity index (χ0n) is 17.2. The van der Waals surface area contributed by atoms with Crippen LogP contribution in [0.2, 0.25) is 0 Å². The smallest absolute Gasteiger partial charge is 0.322 e. The van der Waals surface area contributed by atoms with Crippen LogP contribution in [0.3, 0.4) is 0 Å². The highest BCUT2D eigenvalue weighted by molar-refractivity contribution is 5.97. The van der Waals surface area contributed by atoms with Crippen molar-refractivity contribution in [1.82, 2.24) is 14.7 Å². The maximum Gasteiger partial charge on any atom is 0.322 e. The van der Waals surface area contributed by atoms with Gasteiger partial charge in [0.2, 0.25) is 0 Å². The van der Waals surface area contributed by atoms with E-state index in [0.717, 1.165) is 19.6 Å². The van der Waals surface area contributed by atoms with Gasteiger partial charge >= 0.3 is 6.03 Å². The van der Waals surface area contributed by atoms with Crippen LogP contribution in [-0.4, -0.2) is 74.0 Å². The molecule has 2 aromatic carbocycles. The van der Waals surface area contributed by atoms with Crippen molar-refractivity contribution in [1.29, 1.82) is 0 Å². The van der Waals surface area contributed by atoms with Gasteiger partial charge in [-0.2, -0.15) is 0 Å². The molecule has 1 heterocycles. The summed E-state index contributed by atoms with van der Waals surface area (Å²) in [6, 6.07) is 15.2. The molecule has 0 bridgehead atoms. The SMILES string of the molecule is COc1ccc(C(=O)N(C)C)cc1NC(=O)N1CCN(Cc2ccccc2)CC1. The molecular formula is C22H28N4O3. The van der Waals surface area contributed by atoms with Crippen LogP contribution < -0.4 is 10.1 Å². The molecule has 0 atom stereocenters. The molecule has 1 aliphatic rings. The minimum Gasteiger partial charge on any atom is -0.495 e. The second kappa shape index (κ2) is 9.43. The number of benzene rings is 2. The Hall–Kier alpha value is -3.06. The molecule has 1 aliphatic heterocycles. The van der Waals surface area contributed by atoms with Gasteiger partial charge in [-0.1, -0.05) is 30.3 Å². The van der Waals surface area contributed by atoms with Crippen LogP contribution in [0.25, 0.3) is 0 Å². The molecule has 0 unspecified atom stereocenters. The van der Waals surface area contributed by atoms with Crippen LogP contribution >= 0.6 is 0 Å². The molecule has 0 aliphatic carbocycles. The fraction of sp³-hybridized carbons (Fsp3) is 0.364. The van der Waals surface area contributed by atoms with Gasteiger partial charge in [0.15, 0.2) is 0 Å². The number of hydrogen-bond donors (Lipinski definition) is 1. The molecule has 154 valence electrons. The Bertz CT molecular complexity index is 846. The summed E-state index contributed by atoms with van der Waals surface area (Å²) in [6.45, 7) is 3.82. The highest BCUT2D eigenvalue weighted by Gasteiger charge is 2.22. The van der Waals surface area contributed by atoms with Crippen LogP contribution in [-0.2, 0) is 6.54 Å². The van der Waals surface area contributed by atoms with E-state index in [1.165, 1.54) is 10.5 Å². The quantitative estimate of drug-likeness (QED) is 0.844. The number of nitrogens with zero attached hydrogens (tertiary/aromatic N) is 3. The van der Waals surface area contributed by atoms with E-state index in [4.69, 9.17) is 4.74 Å². The number of piperazine rings is 1. The number of amides is 3. The van der Waals surface area contributed by atoms with Crippen LogP contribution in [0.15, 0.2) is 48.5 Å². The van der Waals surface area contributed by atoms with E-state index in [-0.39, 0.29) is 11.9 Å². The van der Waals surface area contributed by atoms with Crippen molar-refractivity contribution in [3.8, 4) is 5.75 Å². The number of rotatable bonds is 5. The lowest BCUT2D eigenvalue weighted by Gasteiger charge is -2.34.